The van der Waals surface area contributed by atoms with E-state index in [1.54, 1.807) is 27.7 Å². The first kappa shape index (κ1) is 17.9. The molecule has 0 aliphatic carbocycles. The van der Waals surface area contributed by atoms with Gasteiger partial charge in [-0.15, -0.1) is 0 Å². The molecule has 0 spiro atoms. The zero-order chi connectivity index (χ0) is 17.0. The lowest BCUT2D eigenvalue weighted by atomic mass is 10.00. The standard InChI is InChI=1S/C16H24N2O4/c1-7-18(12(6)19)11(5)15(20)13-9(3)14(17-10(13)4)16(21)22-8-2/h11,17H,7-8H2,1-6H3/t11-/m0/s1. The van der Waals surface area contributed by atoms with E-state index < -0.39 is 12.0 Å². The first-order chi connectivity index (χ1) is 10.3. The van der Waals surface area contributed by atoms with Crippen molar-refractivity contribution in [1.29, 1.82) is 0 Å². The van der Waals surface area contributed by atoms with Crippen molar-refractivity contribution >= 4 is 17.7 Å². The molecule has 1 rings (SSSR count). The molecule has 0 bridgehead atoms. The fourth-order valence-corrected chi connectivity index (χ4v) is 2.65. The van der Waals surface area contributed by atoms with Crippen LogP contribution < -0.4 is 0 Å². The van der Waals surface area contributed by atoms with Gasteiger partial charge in [-0.05, 0) is 40.2 Å². The largest absolute Gasteiger partial charge is 0.461 e. The Labute approximate surface area is 130 Å². The summed E-state index contributed by atoms with van der Waals surface area (Å²) in [5.41, 5.74) is 1.92. The van der Waals surface area contributed by atoms with Crippen molar-refractivity contribution in [3.63, 3.8) is 0 Å². The van der Waals surface area contributed by atoms with E-state index in [9.17, 15) is 14.4 Å². The van der Waals surface area contributed by atoms with Crippen molar-refractivity contribution in [3.8, 4) is 0 Å². The van der Waals surface area contributed by atoms with Gasteiger partial charge in [0.25, 0.3) is 0 Å². The zero-order valence-corrected chi connectivity index (χ0v) is 14.1. The van der Waals surface area contributed by atoms with Gasteiger partial charge in [0.15, 0.2) is 5.78 Å². The maximum Gasteiger partial charge on any atom is 0.355 e. The highest BCUT2D eigenvalue weighted by atomic mass is 16.5. The van der Waals surface area contributed by atoms with Gasteiger partial charge in [0, 0.05) is 24.7 Å². The van der Waals surface area contributed by atoms with Crippen molar-refractivity contribution in [2.75, 3.05) is 13.2 Å². The molecule has 0 saturated heterocycles. The van der Waals surface area contributed by atoms with E-state index in [1.165, 1.54) is 11.8 Å². The van der Waals surface area contributed by atoms with E-state index in [2.05, 4.69) is 4.98 Å². The number of ether oxygens (including phenoxy) is 1. The lowest BCUT2D eigenvalue weighted by Crippen LogP contribution is -2.42. The van der Waals surface area contributed by atoms with Gasteiger partial charge in [0.1, 0.15) is 5.69 Å². The Balaban J connectivity index is 3.19. The van der Waals surface area contributed by atoms with Gasteiger partial charge in [0.05, 0.1) is 12.6 Å². The molecule has 0 fully saturated rings. The van der Waals surface area contributed by atoms with E-state index in [0.29, 0.717) is 29.1 Å². The van der Waals surface area contributed by atoms with E-state index in [0.717, 1.165) is 0 Å². The quantitative estimate of drug-likeness (QED) is 0.645. The molecule has 122 valence electrons. The number of H-pyrrole nitrogens is 1. The Hall–Kier alpha value is -2.11. The van der Waals surface area contributed by atoms with E-state index >= 15 is 0 Å². The number of esters is 1. The number of ketones is 1. The molecule has 1 aromatic heterocycles. The second-order valence-corrected chi connectivity index (χ2v) is 5.19. The number of carbonyl (C=O) groups excluding carboxylic acids is 3. The van der Waals surface area contributed by atoms with Crippen LogP contribution in [0.3, 0.4) is 0 Å². The van der Waals surface area contributed by atoms with Gasteiger partial charge in [-0.1, -0.05) is 0 Å². The topological polar surface area (TPSA) is 79.5 Å². The maximum absolute atomic E-state index is 12.7. The van der Waals surface area contributed by atoms with Crippen molar-refractivity contribution in [2.45, 2.75) is 47.6 Å². The van der Waals surface area contributed by atoms with E-state index in [4.69, 9.17) is 4.74 Å². The molecular weight excluding hydrogens is 284 g/mol. The van der Waals surface area contributed by atoms with Gasteiger partial charge in [-0.25, -0.2) is 4.79 Å². The van der Waals surface area contributed by atoms with Crippen LogP contribution in [0, 0.1) is 13.8 Å². The van der Waals surface area contributed by atoms with Crippen LogP contribution in [0.2, 0.25) is 0 Å². The van der Waals surface area contributed by atoms with Gasteiger partial charge in [0.2, 0.25) is 5.91 Å². The van der Waals surface area contributed by atoms with Crippen LogP contribution in [0.15, 0.2) is 0 Å². The lowest BCUT2D eigenvalue weighted by Gasteiger charge is -2.25. The number of carbonyl (C=O) groups is 3. The van der Waals surface area contributed by atoms with E-state index in [1.807, 2.05) is 6.92 Å². The number of aromatic nitrogens is 1. The molecule has 6 nitrogen and oxygen atoms in total. The van der Waals surface area contributed by atoms with Crippen LogP contribution in [-0.2, 0) is 9.53 Å². The third kappa shape index (κ3) is 3.37. The predicted molar refractivity (Wildman–Crippen MR) is 83.1 cm³/mol. The number of aromatic amines is 1. The van der Waals surface area contributed by atoms with Crippen molar-refractivity contribution in [2.24, 2.45) is 0 Å². The number of nitrogens with zero attached hydrogens (tertiary/aromatic N) is 1. The highest BCUT2D eigenvalue weighted by Crippen LogP contribution is 2.22. The molecule has 0 aromatic carbocycles. The van der Waals surface area contributed by atoms with Crippen LogP contribution in [0.5, 0.6) is 0 Å². The van der Waals surface area contributed by atoms with Crippen molar-refractivity contribution < 1.29 is 19.1 Å². The summed E-state index contributed by atoms with van der Waals surface area (Å²) in [6.07, 6.45) is 0. The molecular formula is C16H24N2O4. The number of rotatable bonds is 6. The first-order valence-electron chi connectivity index (χ1n) is 7.43. The van der Waals surface area contributed by atoms with E-state index in [-0.39, 0.29) is 18.3 Å². The normalized spacial score (nSPS) is 11.9. The van der Waals surface area contributed by atoms with Crippen LogP contribution in [0.4, 0.5) is 0 Å². The number of likely N-dealkylation sites (N-methyl/N-ethyl adjacent to an activating group) is 1. The monoisotopic (exact) mass is 308 g/mol. The number of aryl methyl sites for hydroxylation is 1. The Morgan fingerprint density at radius 3 is 2.27 bits per heavy atom. The zero-order valence-electron chi connectivity index (χ0n) is 14.1. The van der Waals surface area contributed by atoms with Gasteiger partial charge < -0.3 is 14.6 Å². The predicted octanol–water partition coefficient (Wildman–Crippen LogP) is 2.25. The Bertz CT molecular complexity index is 589. The molecule has 0 radical (unpaired) electrons. The Morgan fingerprint density at radius 2 is 1.82 bits per heavy atom. The number of Topliss-reactive ketones (excluding diaryl/α,β-unsaturated/α-hetero) is 1. The van der Waals surface area contributed by atoms with Gasteiger partial charge in [-0.3, -0.25) is 9.59 Å². The number of hydrogen-bond acceptors (Lipinski definition) is 4. The molecule has 0 aliphatic heterocycles. The molecule has 6 heteroatoms. The molecule has 0 saturated carbocycles. The first-order valence-corrected chi connectivity index (χ1v) is 7.43. The second-order valence-electron chi connectivity index (χ2n) is 5.19. The lowest BCUT2D eigenvalue weighted by molar-refractivity contribution is -0.129. The third-order valence-electron chi connectivity index (χ3n) is 3.76. The average Bonchev–Trinajstić information content (AvgIpc) is 2.73. The molecule has 22 heavy (non-hydrogen) atoms. The summed E-state index contributed by atoms with van der Waals surface area (Å²) in [7, 11) is 0. The minimum Gasteiger partial charge on any atom is -0.461 e. The highest BCUT2D eigenvalue weighted by Gasteiger charge is 2.29. The Kier molecular flexibility index (Phi) is 5.91. The summed E-state index contributed by atoms with van der Waals surface area (Å²) in [5, 5.41) is 0. The summed E-state index contributed by atoms with van der Waals surface area (Å²) >= 11 is 0. The highest BCUT2D eigenvalue weighted by molar-refractivity contribution is 6.06. The SMILES string of the molecule is CCOC(=O)c1[nH]c(C)c(C(=O)[C@H](C)N(CC)C(C)=O)c1C. The summed E-state index contributed by atoms with van der Waals surface area (Å²) < 4.78 is 4.98. The number of hydrogen-bond donors (Lipinski definition) is 1. The number of nitrogens with one attached hydrogen (secondary N) is 1. The molecule has 1 heterocycles. The van der Waals surface area contributed by atoms with Crippen LogP contribution in [0.25, 0.3) is 0 Å². The smallest absolute Gasteiger partial charge is 0.355 e. The molecule has 0 unspecified atom stereocenters. The molecule has 0 aliphatic rings. The van der Waals surface area contributed by atoms with Crippen molar-refractivity contribution in [3.05, 3.63) is 22.5 Å². The van der Waals surface area contributed by atoms with Crippen LogP contribution in [-0.4, -0.2) is 46.7 Å². The summed E-state index contributed by atoms with van der Waals surface area (Å²) in [6, 6.07) is -0.578. The second kappa shape index (κ2) is 7.24. The molecule has 1 aromatic rings. The average molecular weight is 308 g/mol. The van der Waals surface area contributed by atoms with Gasteiger partial charge >= 0.3 is 5.97 Å². The summed E-state index contributed by atoms with van der Waals surface area (Å²) in [4.78, 5) is 40.6. The molecule has 1 N–H and O–H groups in total. The fraction of sp³-hybridized carbons (Fsp3) is 0.562. The van der Waals surface area contributed by atoms with Crippen LogP contribution in [0.1, 0.15) is 59.8 Å². The molecule has 1 amide bonds. The third-order valence-corrected chi connectivity index (χ3v) is 3.76. The van der Waals surface area contributed by atoms with Crippen LogP contribution >= 0.6 is 0 Å². The molecule has 1 atom stereocenters. The minimum atomic E-state index is -0.578. The van der Waals surface area contributed by atoms with Gasteiger partial charge in [-0.2, -0.15) is 0 Å². The van der Waals surface area contributed by atoms with Crippen molar-refractivity contribution in [1.82, 2.24) is 9.88 Å². The summed E-state index contributed by atoms with van der Waals surface area (Å²) in [6.45, 7) is 10.9. The summed E-state index contributed by atoms with van der Waals surface area (Å²) in [5.74, 6) is -0.813. The fourth-order valence-electron chi connectivity index (χ4n) is 2.65. The maximum atomic E-state index is 12.7. The minimum absolute atomic E-state index is 0.153. The number of amides is 1. The Morgan fingerprint density at radius 1 is 1.23 bits per heavy atom.